The van der Waals surface area contributed by atoms with E-state index in [1.54, 1.807) is 75.5 Å². The predicted molar refractivity (Wildman–Crippen MR) is 317 cm³/mol. The third kappa shape index (κ3) is 9.46. The smallest absolute Gasteiger partial charge is 0.346 e. The number of nitrogen functional groups attached to an aromatic ring is 3. The summed E-state index contributed by atoms with van der Waals surface area (Å²) in [6.07, 6.45) is 0. The number of cyclic esters (lactones) is 2. The van der Waals surface area contributed by atoms with E-state index in [4.69, 9.17) is 63.6 Å². The molecule has 5 heterocycles. The second-order valence-electron chi connectivity index (χ2n) is 18.0. The molecule has 10 aromatic carbocycles. The highest BCUT2D eigenvalue weighted by Crippen LogP contribution is 2.33. The summed E-state index contributed by atoms with van der Waals surface area (Å²) in [5.74, 6) is -1.13. The number of aromatic nitrogens is 4. The van der Waals surface area contributed by atoms with Crippen LogP contribution >= 0.6 is 46.4 Å². The van der Waals surface area contributed by atoms with Gasteiger partial charge in [0.25, 0.3) is 16.8 Å². The Kier molecular flexibility index (Phi) is 13.5. The molecule has 0 radical (unpaired) electrons. The molecule has 0 saturated heterocycles. The zero-order valence-electron chi connectivity index (χ0n) is 40.7. The molecule has 0 saturated carbocycles. The lowest BCUT2D eigenvalue weighted by Crippen LogP contribution is -2.19. The fourth-order valence-electron chi connectivity index (χ4n) is 9.64. The number of fused-ring (bicyclic) bond motifs is 8. The highest BCUT2D eigenvalue weighted by Gasteiger charge is 2.26. The molecule has 0 atom stereocenters. The molecule has 6 N–H and O–H groups in total. The lowest BCUT2D eigenvalue weighted by Gasteiger charge is -2.14. The van der Waals surface area contributed by atoms with Gasteiger partial charge < -0.3 is 21.9 Å². The normalized spacial score (nSPS) is 11.8. The molecule has 15 rings (SSSR count). The van der Waals surface area contributed by atoms with Gasteiger partial charge in [-0.3, -0.25) is 28.5 Å². The number of anilines is 3. The van der Waals surface area contributed by atoms with Gasteiger partial charge in [0.1, 0.15) is 17.0 Å². The molecule has 1 aliphatic rings. The van der Waals surface area contributed by atoms with E-state index in [1.165, 1.54) is 18.2 Å². The van der Waals surface area contributed by atoms with Crippen molar-refractivity contribution in [3.05, 3.63) is 244 Å². The van der Waals surface area contributed by atoms with Crippen molar-refractivity contribution in [2.45, 2.75) is 0 Å². The largest absolute Gasteiger partial charge is 0.397 e. The van der Waals surface area contributed by atoms with Gasteiger partial charge in [0, 0.05) is 63.9 Å². The molecule has 14 aromatic rings. The summed E-state index contributed by atoms with van der Waals surface area (Å²) in [5, 5.41) is 21.5. The van der Waals surface area contributed by atoms with Crippen LogP contribution in [0.15, 0.2) is 192 Å². The van der Waals surface area contributed by atoms with Crippen LogP contribution in [0.25, 0.3) is 87.2 Å². The summed E-state index contributed by atoms with van der Waals surface area (Å²) in [4.78, 5) is 67.7. The number of nitro groups is 1. The fourth-order valence-corrected chi connectivity index (χ4v) is 10.3. The van der Waals surface area contributed by atoms with Crippen molar-refractivity contribution in [1.29, 1.82) is 0 Å². The van der Waals surface area contributed by atoms with Crippen LogP contribution in [0.3, 0.4) is 0 Å². The van der Waals surface area contributed by atoms with Crippen molar-refractivity contribution in [3.8, 4) is 0 Å². The van der Waals surface area contributed by atoms with Crippen LogP contribution in [0.4, 0.5) is 22.7 Å². The number of imidazole rings is 2. The summed E-state index contributed by atoms with van der Waals surface area (Å²) in [6.45, 7) is 0. The SMILES string of the molecule is Nc1cc(Cl)ccc1[N+](=O)[O-].Nc1ccc(Cl)cc1N.O=C1OC(=O)c2cccc3cccc1c23.O=c1c2cccc3cccc(c32)c2nc3cc(Cl)ccc3n12.O=c1c2cccc3cccc(c32)c2nc3ccc(Cl)cc3n12. The van der Waals surface area contributed by atoms with Crippen LogP contribution in [-0.4, -0.2) is 35.6 Å². The maximum absolute atomic E-state index is 13.0. The summed E-state index contributed by atoms with van der Waals surface area (Å²) in [7, 11) is 0. The number of nitrogens with zero attached hydrogens (tertiary/aromatic N) is 5. The van der Waals surface area contributed by atoms with Gasteiger partial charge in [-0.1, -0.05) is 131 Å². The molecular formula is C60H36Cl4N8O7. The molecule has 0 fully saturated rings. The van der Waals surface area contributed by atoms with E-state index in [0.717, 1.165) is 65.2 Å². The number of carbonyl (C=O) groups is 2. The lowest BCUT2D eigenvalue weighted by molar-refractivity contribution is -0.383. The molecule has 1 aliphatic heterocycles. The molecule has 4 aromatic heterocycles. The Balaban J connectivity index is 0.000000109. The first kappa shape index (κ1) is 51.5. The molecule has 15 nitrogen and oxygen atoms in total. The molecule has 0 amide bonds. The molecule has 79 heavy (non-hydrogen) atoms. The van der Waals surface area contributed by atoms with E-state index in [0.29, 0.717) is 64.7 Å². The van der Waals surface area contributed by atoms with Crippen LogP contribution < -0.4 is 28.3 Å². The first-order valence-corrected chi connectivity index (χ1v) is 25.3. The van der Waals surface area contributed by atoms with E-state index in [1.807, 2.05) is 97.1 Å². The van der Waals surface area contributed by atoms with Crippen molar-refractivity contribution in [2.24, 2.45) is 0 Å². The maximum atomic E-state index is 13.0. The van der Waals surface area contributed by atoms with Crippen LogP contribution in [0.5, 0.6) is 0 Å². The number of hydrogen-bond donors (Lipinski definition) is 3. The minimum Gasteiger partial charge on any atom is -0.397 e. The van der Waals surface area contributed by atoms with E-state index in [9.17, 15) is 29.3 Å². The van der Waals surface area contributed by atoms with Crippen LogP contribution in [-0.2, 0) is 4.74 Å². The number of pyridine rings is 2. The van der Waals surface area contributed by atoms with Gasteiger partial charge in [-0.2, -0.15) is 0 Å². The Morgan fingerprint density at radius 2 is 0.861 bits per heavy atom. The van der Waals surface area contributed by atoms with E-state index >= 15 is 0 Å². The quantitative estimate of drug-likeness (QED) is 0.0458. The molecule has 0 aliphatic carbocycles. The topological polar surface area (TPSA) is 233 Å². The number of nitrogens with two attached hydrogens (primary N) is 3. The van der Waals surface area contributed by atoms with Crippen molar-refractivity contribution in [2.75, 3.05) is 17.2 Å². The second-order valence-corrected chi connectivity index (χ2v) is 19.7. The summed E-state index contributed by atoms with van der Waals surface area (Å²) < 4.78 is 7.97. The molecule has 0 unspecified atom stereocenters. The molecular weight excluding hydrogens is 1090 g/mol. The number of halogens is 4. The number of nitro benzene ring substituents is 1. The second kappa shape index (κ2) is 20.7. The van der Waals surface area contributed by atoms with Gasteiger partial charge in [0.05, 0.1) is 49.5 Å². The van der Waals surface area contributed by atoms with Crippen molar-refractivity contribution < 1.29 is 19.2 Å². The third-order valence-corrected chi connectivity index (χ3v) is 14.1. The highest BCUT2D eigenvalue weighted by atomic mass is 35.5. The Labute approximate surface area is 464 Å². The fraction of sp³-hybridized carbons (Fsp3) is 0. The summed E-state index contributed by atoms with van der Waals surface area (Å²) in [6, 6.07) is 54.2. The molecule has 0 bridgehead atoms. The van der Waals surface area contributed by atoms with Gasteiger partial charge >= 0.3 is 11.9 Å². The summed E-state index contributed by atoms with van der Waals surface area (Å²) in [5.41, 5.74) is 22.4. The van der Waals surface area contributed by atoms with Crippen molar-refractivity contribution in [3.63, 3.8) is 0 Å². The van der Waals surface area contributed by atoms with E-state index in [2.05, 4.69) is 14.7 Å². The number of benzene rings is 10. The van der Waals surface area contributed by atoms with Crippen molar-refractivity contribution >= 4 is 168 Å². The number of rotatable bonds is 1. The predicted octanol–water partition coefficient (Wildman–Crippen LogP) is 14.0. The monoisotopic (exact) mass is 1120 g/mol. The Morgan fingerprint density at radius 1 is 0.430 bits per heavy atom. The molecule has 386 valence electrons. The average molecular weight is 1120 g/mol. The average Bonchev–Trinajstić information content (AvgIpc) is 4.27. The van der Waals surface area contributed by atoms with Gasteiger partial charge in [0.15, 0.2) is 0 Å². The zero-order chi connectivity index (χ0) is 55.4. The minimum absolute atomic E-state index is 0.0378. The first-order valence-electron chi connectivity index (χ1n) is 23.8. The van der Waals surface area contributed by atoms with Crippen LogP contribution in [0, 0.1) is 10.1 Å². The molecule has 19 heteroatoms. The zero-order valence-corrected chi connectivity index (χ0v) is 43.7. The lowest BCUT2D eigenvalue weighted by atomic mass is 9.97. The maximum Gasteiger partial charge on any atom is 0.346 e. The standard InChI is InChI=1S/2C18H9ClN2O.C12H6O3.C6H5ClN2O2.C6H7ClN2/c19-11-7-8-15-14(9-11)20-17-12-5-1-3-10-4-2-6-13(16(10)12)18(22)21(15)17;19-11-7-8-14-15(9-11)21-17(20-14)12-5-1-3-10-4-2-6-13(16(10)12)18(21)22;13-11-8-5-1-3-7-4-2-6-9(10(7)8)12(14)15-11;7-4-1-2-6(9(10)11)5(8)3-4;7-4-1-2-5(8)6(9)3-4/h2*1-9H;1-6H;1-3H,8H2;1-3H,8-9H2. The highest BCUT2D eigenvalue weighted by molar-refractivity contribution is 6.32. The number of hydrogen-bond acceptors (Lipinski definition) is 12. The third-order valence-electron chi connectivity index (χ3n) is 13.2. The van der Waals surface area contributed by atoms with Crippen molar-refractivity contribution in [1.82, 2.24) is 18.8 Å². The van der Waals surface area contributed by atoms with Gasteiger partial charge in [-0.05, 0) is 107 Å². The minimum atomic E-state index is -0.565. The van der Waals surface area contributed by atoms with E-state index in [-0.39, 0.29) is 22.5 Å². The number of ether oxygens (including phenoxy) is 1. The van der Waals surface area contributed by atoms with Gasteiger partial charge in [0.2, 0.25) is 0 Å². The van der Waals surface area contributed by atoms with Gasteiger partial charge in [-0.15, -0.1) is 0 Å². The van der Waals surface area contributed by atoms with Crippen LogP contribution in [0.1, 0.15) is 20.7 Å². The number of carbonyl (C=O) groups excluding carboxylic acids is 2. The Morgan fingerprint density at radius 3 is 1.38 bits per heavy atom. The number of esters is 2. The Bertz CT molecular complexity index is 4850. The molecule has 0 spiro atoms. The van der Waals surface area contributed by atoms with Gasteiger partial charge in [-0.25, -0.2) is 19.6 Å². The van der Waals surface area contributed by atoms with E-state index < -0.39 is 16.9 Å². The first-order chi connectivity index (χ1) is 38.1. The van der Waals surface area contributed by atoms with Crippen LogP contribution in [0.2, 0.25) is 20.1 Å². The summed E-state index contributed by atoms with van der Waals surface area (Å²) >= 11 is 23.2. The Hall–Kier alpha value is -9.64.